The zero-order valence-electron chi connectivity index (χ0n) is 15.7. The van der Waals surface area contributed by atoms with Gasteiger partial charge in [0.1, 0.15) is 11.6 Å². The molecule has 2 aromatic rings. The number of halogens is 1. The van der Waals surface area contributed by atoms with Crippen LogP contribution < -0.4 is 4.74 Å². The van der Waals surface area contributed by atoms with Gasteiger partial charge >= 0.3 is 0 Å². The van der Waals surface area contributed by atoms with Gasteiger partial charge in [-0.3, -0.25) is 14.5 Å². The SMILES string of the molecule is COc1ccc(F)cc1C(=O)[C@@H]1CCCN(Cc2cccc(C(C)=O)c2)C1. The maximum atomic E-state index is 13.6. The Hall–Kier alpha value is -2.53. The van der Waals surface area contributed by atoms with Gasteiger partial charge in [-0.1, -0.05) is 18.2 Å². The van der Waals surface area contributed by atoms with Crippen molar-refractivity contribution in [1.29, 1.82) is 0 Å². The summed E-state index contributed by atoms with van der Waals surface area (Å²) in [5.41, 5.74) is 2.06. The Bertz CT molecular complexity index is 849. The number of methoxy groups -OCH3 is 1. The molecule has 0 bridgehead atoms. The molecule has 0 spiro atoms. The summed E-state index contributed by atoms with van der Waals surface area (Å²) in [6.07, 6.45) is 1.68. The topological polar surface area (TPSA) is 46.6 Å². The molecule has 3 rings (SSSR count). The molecule has 5 heteroatoms. The first kappa shape index (κ1) is 19.2. The van der Waals surface area contributed by atoms with E-state index in [-0.39, 0.29) is 17.5 Å². The second-order valence-electron chi connectivity index (χ2n) is 7.04. The zero-order valence-corrected chi connectivity index (χ0v) is 15.7. The van der Waals surface area contributed by atoms with Gasteiger partial charge in [0.05, 0.1) is 12.7 Å². The van der Waals surface area contributed by atoms with Crippen LogP contribution in [0.3, 0.4) is 0 Å². The molecule has 0 saturated carbocycles. The van der Waals surface area contributed by atoms with E-state index in [4.69, 9.17) is 4.74 Å². The van der Waals surface area contributed by atoms with Crippen molar-refractivity contribution in [3.63, 3.8) is 0 Å². The van der Waals surface area contributed by atoms with E-state index in [9.17, 15) is 14.0 Å². The Morgan fingerprint density at radius 3 is 2.78 bits per heavy atom. The summed E-state index contributed by atoms with van der Waals surface area (Å²) in [6.45, 7) is 3.75. The monoisotopic (exact) mass is 369 g/mol. The Kier molecular flexibility index (Phi) is 6.01. The number of ketones is 2. The number of hydrogen-bond donors (Lipinski definition) is 0. The number of nitrogens with zero attached hydrogens (tertiary/aromatic N) is 1. The largest absolute Gasteiger partial charge is 0.496 e. The number of carbonyl (C=O) groups excluding carboxylic acids is 2. The highest BCUT2D eigenvalue weighted by molar-refractivity contribution is 6.00. The predicted molar refractivity (Wildman–Crippen MR) is 102 cm³/mol. The number of benzene rings is 2. The average molecular weight is 369 g/mol. The van der Waals surface area contributed by atoms with Gasteiger partial charge in [-0.25, -0.2) is 4.39 Å². The molecule has 0 aliphatic carbocycles. The summed E-state index contributed by atoms with van der Waals surface area (Å²) >= 11 is 0. The number of carbonyl (C=O) groups is 2. The summed E-state index contributed by atoms with van der Waals surface area (Å²) in [5, 5.41) is 0. The number of hydrogen-bond acceptors (Lipinski definition) is 4. The highest BCUT2D eigenvalue weighted by Crippen LogP contribution is 2.27. The molecule has 1 aliphatic heterocycles. The molecule has 27 heavy (non-hydrogen) atoms. The highest BCUT2D eigenvalue weighted by atomic mass is 19.1. The number of ether oxygens (including phenoxy) is 1. The average Bonchev–Trinajstić information content (AvgIpc) is 2.67. The van der Waals surface area contributed by atoms with Crippen LogP contribution in [0.25, 0.3) is 0 Å². The second-order valence-corrected chi connectivity index (χ2v) is 7.04. The first-order valence-electron chi connectivity index (χ1n) is 9.18. The van der Waals surface area contributed by atoms with E-state index < -0.39 is 5.82 Å². The summed E-state index contributed by atoms with van der Waals surface area (Å²) in [5.74, 6) is -0.249. The molecule has 0 aromatic heterocycles. The van der Waals surface area contributed by atoms with Crippen LogP contribution in [0.5, 0.6) is 5.75 Å². The van der Waals surface area contributed by atoms with E-state index in [1.54, 1.807) is 6.92 Å². The van der Waals surface area contributed by atoms with E-state index in [1.807, 2.05) is 24.3 Å². The van der Waals surface area contributed by atoms with Crippen LogP contribution in [-0.2, 0) is 6.54 Å². The van der Waals surface area contributed by atoms with Crippen LogP contribution in [0.15, 0.2) is 42.5 Å². The van der Waals surface area contributed by atoms with Gasteiger partial charge in [-0.2, -0.15) is 0 Å². The molecule has 1 fully saturated rings. The Morgan fingerprint density at radius 1 is 1.22 bits per heavy atom. The first-order valence-corrected chi connectivity index (χ1v) is 9.18. The second kappa shape index (κ2) is 8.44. The lowest BCUT2D eigenvalue weighted by Gasteiger charge is -2.32. The molecule has 1 saturated heterocycles. The molecule has 1 atom stereocenters. The van der Waals surface area contributed by atoms with Gasteiger partial charge in [0.2, 0.25) is 0 Å². The lowest BCUT2D eigenvalue weighted by Crippen LogP contribution is -2.38. The zero-order chi connectivity index (χ0) is 19.4. The van der Waals surface area contributed by atoms with Gasteiger partial charge < -0.3 is 4.74 Å². The van der Waals surface area contributed by atoms with Crippen LogP contribution in [0.4, 0.5) is 4.39 Å². The molecule has 0 radical (unpaired) electrons. The van der Waals surface area contributed by atoms with Crippen molar-refractivity contribution in [3.05, 3.63) is 65.0 Å². The van der Waals surface area contributed by atoms with E-state index in [2.05, 4.69) is 4.90 Å². The molecule has 4 nitrogen and oxygen atoms in total. The fraction of sp³-hybridized carbons (Fsp3) is 0.364. The highest BCUT2D eigenvalue weighted by Gasteiger charge is 2.28. The summed E-state index contributed by atoms with van der Waals surface area (Å²) in [7, 11) is 1.49. The third-order valence-electron chi connectivity index (χ3n) is 5.04. The van der Waals surface area contributed by atoms with Crippen molar-refractivity contribution >= 4 is 11.6 Å². The fourth-order valence-corrected chi connectivity index (χ4v) is 3.65. The lowest BCUT2D eigenvalue weighted by atomic mass is 9.89. The van der Waals surface area contributed by atoms with Gasteiger partial charge in [-0.05, 0) is 56.1 Å². The minimum Gasteiger partial charge on any atom is -0.496 e. The minimum absolute atomic E-state index is 0.0433. The van der Waals surface area contributed by atoms with Gasteiger partial charge in [0, 0.05) is 24.6 Å². The smallest absolute Gasteiger partial charge is 0.171 e. The maximum absolute atomic E-state index is 13.6. The number of likely N-dealkylation sites (tertiary alicyclic amines) is 1. The van der Waals surface area contributed by atoms with Gasteiger partial charge in [-0.15, -0.1) is 0 Å². The first-order chi connectivity index (χ1) is 13.0. The molecule has 0 amide bonds. The standard InChI is InChI=1S/C22H24FNO3/c1-15(25)17-6-3-5-16(11-17)13-24-10-4-7-18(14-24)22(26)20-12-19(23)8-9-21(20)27-2/h3,5-6,8-9,11-12,18H,4,7,10,13-14H2,1-2H3/t18-/m1/s1. The van der Waals surface area contributed by atoms with E-state index in [0.717, 1.165) is 24.9 Å². The van der Waals surface area contributed by atoms with Crippen molar-refractivity contribution in [2.75, 3.05) is 20.2 Å². The van der Waals surface area contributed by atoms with Gasteiger partial charge in [0.25, 0.3) is 0 Å². The molecule has 142 valence electrons. The van der Waals surface area contributed by atoms with Crippen LogP contribution in [0.2, 0.25) is 0 Å². The van der Waals surface area contributed by atoms with Crippen LogP contribution >= 0.6 is 0 Å². The normalized spacial score (nSPS) is 17.5. The molecule has 2 aromatic carbocycles. The van der Waals surface area contributed by atoms with Crippen LogP contribution in [0.1, 0.15) is 46.0 Å². The third-order valence-corrected chi connectivity index (χ3v) is 5.04. The molecule has 0 unspecified atom stereocenters. The molecular weight excluding hydrogens is 345 g/mol. The van der Waals surface area contributed by atoms with Crippen LogP contribution in [-0.4, -0.2) is 36.7 Å². The quantitative estimate of drug-likeness (QED) is 0.718. The molecular formula is C22H24FNO3. The third kappa shape index (κ3) is 4.61. The van der Waals surface area contributed by atoms with E-state index >= 15 is 0 Å². The summed E-state index contributed by atoms with van der Waals surface area (Å²) in [4.78, 5) is 26.7. The maximum Gasteiger partial charge on any atom is 0.171 e. The Labute approximate surface area is 158 Å². The van der Waals surface area contributed by atoms with Crippen molar-refractivity contribution in [2.24, 2.45) is 5.92 Å². The Morgan fingerprint density at radius 2 is 2.04 bits per heavy atom. The van der Waals surface area contributed by atoms with E-state index in [0.29, 0.717) is 30.0 Å². The number of rotatable bonds is 6. The van der Waals surface area contributed by atoms with Crippen molar-refractivity contribution in [2.45, 2.75) is 26.3 Å². The minimum atomic E-state index is -0.437. The summed E-state index contributed by atoms with van der Waals surface area (Å²) in [6, 6.07) is 11.6. The van der Waals surface area contributed by atoms with Crippen LogP contribution in [0, 0.1) is 11.7 Å². The van der Waals surface area contributed by atoms with Crippen molar-refractivity contribution < 1.29 is 18.7 Å². The molecule has 0 N–H and O–H groups in total. The summed E-state index contributed by atoms with van der Waals surface area (Å²) < 4.78 is 18.9. The molecule has 1 heterocycles. The number of Topliss-reactive ketones (excluding diaryl/α,β-unsaturated/α-hetero) is 2. The number of piperidine rings is 1. The van der Waals surface area contributed by atoms with Gasteiger partial charge in [0.15, 0.2) is 11.6 Å². The Balaban J connectivity index is 1.73. The fourth-order valence-electron chi connectivity index (χ4n) is 3.65. The predicted octanol–water partition coefficient (Wildman–Crippen LogP) is 4.13. The lowest BCUT2D eigenvalue weighted by molar-refractivity contribution is 0.0808. The molecule has 1 aliphatic rings. The van der Waals surface area contributed by atoms with Crippen molar-refractivity contribution in [1.82, 2.24) is 4.90 Å². The van der Waals surface area contributed by atoms with E-state index in [1.165, 1.54) is 25.3 Å². The van der Waals surface area contributed by atoms with Crippen molar-refractivity contribution in [3.8, 4) is 5.75 Å².